The number of rotatable bonds is 0. The van der Waals surface area contributed by atoms with Gasteiger partial charge in [0.15, 0.2) is 0 Å². The smallest absolute Gasteiger partial charge is 0.0447 e. The fraction of sp³-hybridized carbons (Fsp3) is 0.167. The summed E-state index contributed by atoms with van der Waals surface area (Å²) in [6.45, 7) is 0. The van der Waals surface area contributed by atoms with Gasteiger partial charge < -0.3 is 0 Å². The maximum atomic E-state index is 3.84. The highest BCUT2D eigenvalue weighted by Gasteiger charge is 1.69. The molecule has 0 amide bonds. The maximum absolute atomic E-state index is 3.84. The SMILES string of the molecule is C1#CCC=NC=C1. The Labute approximate surface area is 42.8 Å². The van der Waals surface area contributed by atoms with Crippen LogP contribution in [0.25, 0.3) is 0 Å². The average Bonchev–Trinajstić information content (AvgIpc) is 1.90. The second-order valence-corrected chi connectivity index (χ2v) is 1.17. The standard InChI is InChI=1S/C6H5N/c1-2-4-6-7-5-3-1/h3,5-6H,4H2. The number of hydrogen-bond acceptors (Lipinski definition) is 1. The van der Waals surface area contributed by atoms with Gasteiger partial charge in [-0.3, -0.25) is 4.99 Å². The predicted molar refractivity (Wildman–Crippen MR) is 30.0 cm³/mol. The van der Waals surface area contributed by atoms with E-state index in [-0.39, 0.29) is 0 Å². The van der Waals surface area contributed by atoms with Crippen molar-refractivity contribution in [2.45, 2.75) is 6.42 Å². The first kappa shape index (κ1) is 4.14. The van der Waals surface area contributed by atoms with Crippen LogP contribution in [0.4, 0.5) is 0 Å². The van der Waals surface area contributed by atoms with Crippen molar-refractivity contribution in [1.82, 2.24) is 0 Å². The van der Waals surface area contributed by atoms with Crippen molar-refractivity contribution in [3.63, 3.8) is 0 Å². The first-order valence-corrected chi connectivity index (χ1v) is 2.15. The highest BCUT2D eigenvalue weighted by atomic mass is 14.7. The zero-order valence-corrected chi connectivity index (χ0v) is 3.89. The van der Waals surface area contributed by atoms with Crippen molar-refractivity contribution in [3.8, 4) is 11.8 Å². The van der Waals surface area contributed by atoms with Crippen LogP contribution in [0.3, 0.4) is 0 Å². The van der Waals surface area contributed by atoms with Crippen molar-refractivity contribution in [3.05, 3.63) is 12.3 Å². The molecule has 0 N–H and O–H groups in total. The molecule has 1 rings (SSSR count). The summed E-state index contributed by atoms with van der Waals surface area (Å²) in [5, 5.41) is 0. The van der Waals surface area contributed by atoms with Gasteiger partial charge in [0, 0.05) is 24.9 Å². The van der Waals surface area contributed by atoms with Gasteiger partial charge in [0.25, 0.3) is 0 Å². The molecule has 0 bridgehead atoms. The lowest BCUT2D eigenvalue weighted by Crippen LogP contribution is -1.62. The summed E-state index contributed by atoms with van der Waals surface area (Å²) in [6, 6.07) is 0. The Hall–Kier alpha value is -1.03. The number of hydrogen-bond donors (Lipinski definition) is 0. The molecule has 0 aromatic heterocycles. The summed E-state index contributed by atoms with van der Waals surface area (Å²) in [5.41, 5.74) is 0. The Morgan fingerprint density at radius 2 is 2.57 bits per heavy atom. The Bertz CT molecular complexity index is 155. The molecular formula is C6H5N. The van der Waals surface area contributed by atoms with Crippen LogP contribution in [0, 0.1) is 11.8 Å². The maximum Gasteiger partial charge on any atom is 0.0447 e. The second-order valence-electron chi connectivity index (χ2n) is 1.17. The minimum absolute atomic E-state index is 0.785. The summed E-state index contributed by atoms with van der Waals surface area (Å²) >= 11 is 0. The van der Waals surface area contributed by atoms with Crippen molar-refractivity contribution < 1.29 is 0 Å². The van der Waals surface area contributed by atoms with Crippen molar-refractivity contribution in [2.75, 3.05) is 0 Å². The Morgan fingerprint density at radius 3 is 3.57 bits per heavy atom. The van der Waals surface area contributed by atoms with E-state index < -0.39 is 0 Å². The second kappa shape index (κ2) is 2.20. The van der Waals surface area contributed by atoms with Gasteiger partial charge in [-0.25, -0.2) is 0 Å². The van der Waals surface area contributed by atoms with Crippen LogP contribution in [0.5, 0.6) is 0 Å². The third-order valence-corrected chi connectivity index (χ3v) is 0.645. The van der Waals surface area contributed by atoms with Crippen molar-refractivity contribution in [1.29, 1.82) is 0 Å². The van der Waals surface area contributed by atoms with Crippen LogP contribution in [0.1, 0.15) is 6.42 Å². The lowest BCUT2D eigenvalue weighted by Gasteiger charge is -1.66. The largest absolute Gasteiger partial charge is 0.267 e. The lowest BCUT2D eigenvalue weighted by atomic mass is 10.5. The van der Waals surface area contributed by atoms with E-state index in [2.05, 4.69) is 16.8 Å². The van der Waals surface area contributed by atoms with Crippen LogP contribution in [-0.2, 0) is 0 Å². The molecule has 0 atom stereocenters. The number of allylic oxidation sites excluding steroid dienone is 1. The molecule has 1 aliphatic rings. The first-order chi connectivity index (χ1) is 3.50. The van der Waals surface area contributed by atoms with Crippen LogP contribution in [0.15, 0.2) is 17.3 Å². The van der Waals surface area contributed by atoms with E-state index >= 15 is 0 Å². The minimum atomic E-state index is 0.785. The molecule has 1 nitrogen and oxygen atoms in total. The van der Waals surface area contributed by atoms with Gasteiger partial charge in [-0.1, -0.05) is 11.8 Å². The van der Waals surface area contributed by atoms with Gasteiger partial charge >= 0.3 is 0 Å². The Kier molecular flexibility index (Phi) is 1.30. The van der Waals surface area contributed by atoms with E-state index in [1.807, 2.05) is 0 Å². The van der Waals surface area contributed by atoms with Gasteiger partial charge in [-0.15, -0.1) is 0 Å². The quantitative estimate of drug-likeness (QED) is 0.394. The van der Waals surface area contributed by atoms with Crippen LogP contribution in [0.2, 0.25) is 0 Å². The molecule has 0 aliphatic carbocycles. The molecule has 1 heterocycles. The molecule has 0 radical (unpaired) electrons. The highest BCUT2D eigenvalue weighted by Crippen LogP contribution is 1.79. The molecule has 0 aromatic rings. The number of aliphatic imine (C=N–C) groups is 1. The third-order valence-electron chi connectivity index (χ3n) is 0.645. The van der Waals surface area contributed by atoms with Crippen LogP contribution >= 0.6 is 0 Å². The molecule has 7 heavy (non-hydrogen) atoms. The van der Waals surface area contributed by atoms with E-state index in [1.165, 1.54) is 0 Å². The Morgan fingerprint density at radius 1 is 1.57 bits per heavy atom. The van der Waals surface area contributed by atoms with Crippen molar-refractivity contribution in [2.24, 2.45) is 4.99 Å². The molecule has 1 aliphatic heterocycles. The predicted octanol–water partition coefficient (Wildman–Crippen LogP) is 0.978. The molecule has 0 saturated carbocycles. The van der Waals surface area contributed by atoms with Gasteiger partial charge in [-0.05, 0) is 0 Å². The first-order valence-electron chi connectivity index (χ1n) is 2.15. The van der Waals surface area contributed by atoms with E-state index in [9.17, 15) is 0 Å². The molecular weight excluding hydrogens is 86.1 g/mol. The third kappa shape index (κ3) is 1.23. The summed E-state index contributed by atoms with van der Waals surface area (Å²) < 4.78 is 0. The van der Waals surface area contributed by atoms with Crippen molar-refractivity contribution >= 4 is 6.21 Å². The number of nitrogens with zero attached hydrogens (tertiary/aromatic N) is 1. The zero-order chi connectivity index (χ0) is 4.95. The monoisotopic (exact) mass is 91.0 g/mol. The normalized spacial score (nSPS) is 14.9. The molecule has 0 spiro atoms. The molecule has 0 saturated heterocycles. The van der Waals surface area contributed by atoms with Gasteiger partial charge in [0.1, 0.15) is 0 Å². The van der Waals surface area contributed by atoms with E-state index in [4.69, 9.17) is 0 Å². The lowest BCUT2D eigenvalue weighted by molar-refractivity contribution is 1.54. The van der Waals surface area contributed by atoms with Crippen LogP contribution < -0.4 is 0 Å². The summed E-state index contributed by atoms with van der Waals surface area (Å²) in [6.07, 6.45) is 6.01. The van der Waals surface area contributed by atoms with Gasteiger partial charge in [0.05, 0.1) is 0 Å². The molecule has 0 fully saturated rings. The van der Waals surface area contributed by atoms with E-state index in [0.717, 1.165) is 6.42 Å². The minimum Gasteiger partial charge on any atom is -0.267 e. The fourth-order valence-electron chi connectivity index (χ4n) is 0.357. The zero-order valence-electron chi connectivity index (χ0n) is 3.89. The highest BCUT2D eigenvalue weighted by molar-refractivity contribution is 5.62. The topological polar surface area (TPSA) is 12.4 Å². The van der Waals surface area contributed by atoms with E-state index in [0.29, 0.717) is 0 Å². The molecule has 1 heteroatoms. The summed E-state index contributed by atoms with van der Waals surface area (Å²) in [5.74, 6) is 5.65. The molecule has 0 aromatic carbocycles. The Balaban J connectivity index is 2.68. The van der Waals surface area contributed by atoms with Gasteiger partial charge in [-0.2, -0.15) is 0 Å². The van der Waals surface area contributed by atoms with E-state index in [1.54, 1.807) is 18.5 Å². The summed E-state index contributed by atoms with van der Waals surface area (Å²) in [7, 11) is 0. The average molecular weight is 91.1 g/mol. The van der Waals surface area contributed by atoms with Crippen LogP contribution in [-0.4, -0.2) is 6.21 Å². The molecule has 34 valence electrons. The fourth-order valence-corrected chi connectivity index (χ4v) is 0.357. The van der Waals surface area contributed by atoms with Gasteiger partial charge in [0.2, 0.25) is 0 Å². The molecule has 0 unspecified atom stereocenters. The summed E-state index contributed by atoms with van der Waals surface area (Å²) in [4.78, 5) is 3.84.